The Morgan fingerprint density at radius 3 is 2.83 bits per heavy atom. The summed E-state index contributed by atoms with van der Waals surface area (Å²) in [5.41, 5.74) is 1.76. The van der Waals surface area contributed by atoms with E-state index in [0.29, 0.717) is 15.9 Å². The Hall–Kier alpha value is -2.15. The lowest BCUT2D eigenvalue weighted by Gasteiger charge is -2.08. The van der Waals surface area contributed by atoms with Crippen molar-refractivity contribution in [3.63, 3.8) is 0 Å². The second kappa shape index (κ2) is 7.41. The van der Waals surface area contributed by atoms with E-state index in [1.807, 2.05) is 31.2 Å². The number of anilines is 1. The molecule has 1 heterocycles. The molecule has 3 N–H and O–H groups in total. The molecule has 0 aliphatic heterocycles. The predicted octanol–water partition coefficient (Wildman–Crippen LogP) is 3.45. The van der Waals surface area contributed by atoms with Crippen molar-refractivity contribution in [3.8, 4) is 5.75 Å². The van der Waals surface area contributed by atoms with E-state index in [2.05, 4.69) is 10.3 Å². The lowest BCUT2D eigenvalue weighted by atomic mass is 10.2. The zero-order chi connectivity index (χ0) is 15.5. The fraction of sp³-hybridized carbons (Fsp3) is 0.125. The van der Waals surface area contributed by atoms with Gasteiger partial charge in [0, 0.05) is 5.02 Å². The molecule has 0 fully saturated rings. The molecule has 5 nitrogen and oxygen atoms in total. The van der Waals surface area contributed by atoms with Crippen LogP contribution in [0.5, 0.6) is 5.75 Å². The van der Waals surface area contributed by atoms with Gasteiger partial charge < -0.3 is 10.2 Å². The molecular formula is C16H15ClN2O3S. The summed E-state index contributed by atoms with van der Waals surface area (Å²) in [6, 6.07) is 13.0. The average molecular weight is 351 g/mol. The summed E-state index contributed by atoms with van der Waals surface area (Å²) in [6.45, 7) is 1.81. The van der Waals surface area contributed by atoms with Gasteiger partial charge in [0.05, 0.1) is 10.2 Å². The highest BCUT2D eigenvalue weighted by Crippen LogP contribution is 2.25. The highest BCUT2D eigenvalue weighted by atomic mass is 35.5. The summed E-state index contributed by atoms with van der Waals surface area (Å²) in [5, 5.41) is 3.96. The molecule has 0 saturated carbocycles. The first-order valence-electron chi connectivity index (χ1n) is 6.66. The standard InChI is InChI=1S/C16H13ClN2O2S.H2O/c1-10-8-11(17)6-7-13(10)21-9-15(20)19-16-18-12-4-2-3-5-14(12)22-16;/h2-8H,9H2,1H3,(H,18,19,20);1H2. The van der Waals surface area contributed by atoms with Crippen LogP contribution in [-0.2, 0) is 4.79 Å². The molecule has 7 heteroatoms. The van der Waals surface area contributed by atoms with Gasteiger partial charge in [-0.15, -0.1) is 0 Å². The van der Waals surface area contributed by atoms with E-state index < -0.39 is 0 Å². The summed E-state index contributed by atoms with van der Waals surface area (Å²) < 4.78 is 6.54. The molecule has 0 atom stereocenters. The third kappa shape index (κ3) is 4.19. The fourth-order valence-corrected chi connectivity index (χ4v) is 3.11. The lowest BCUT2D eigenvalue weighted by molar-refractivity contribution is -0.118. The van der Waals surface area contributed by atoms with E-state index >= 15 is 0 Å². The van der Waals surface area contributed by atoms with E-state index in [9.17, 15) is 4.79 Å². The molecule has 0 unspecified atom stereocenters. The number of carbonyl (C=O) groups is 1. The number of benzene rings is 2. The van der Waals surface area contributed by atoms with Crippen molar-refractivity contribution in [2.45, 2.75) is 6.92 Å². The van der Waals surface area contributed by atoms with Gasteiger partial charge in [0.1, 0.15) is 5.75 Å². The number of rotatable bonds is 4. The van der Waals surface area contributed by atoms with E-state index in [1.54, 1.807) is 18.2 Å². The van der Waals surface area contributed by atoms with Gasteiger partial charge in [-0.25, -0.2) is 4.98 Å². The molecule has 0 bridgehead atoms. The van der Waals surface area contributed by atoms with E-state index in [4.69, 9.17) is 16.3 Å². The maximum Gasteiger partial charge on any atom is 0.264 e. The van der Waals surface area contributed by atoms with Crippen LogP contribution in [0.1, 0.15) is 5.56 Å². The van der Waals surface area contributed by atoms with Gasteiger partial charge in [0.15, 0.2) is 11.7 Å². The van der Waals surface area contributed by atoms with Gasteiger partial charge in [-0.1, -0.05) is 35.1 Å². The zero-order valence-corrected chi connectivity index (χ0v) is 13.9. The SMILES string of the molecule is Cc1cc(Cl)ccc1OCC(=O)Nc1nc2ccccc2s1.O. The minimum Gasteiger partial charge on any atom is -0.483 e. The Morgan fingerprint density at radius 2 is 2.09 bits per heavy atom. The topological polar surface area (TPSA) is 82.7 Å². The van der Waals surface area contributed by atoms with Crippen molar-refractivity contribution in [2.24, 2.45) is 0 Å². The number of aryl methyl sites for hydroxylation is 1. The number of hydrogen-bond acceptors (Lipinski definition) is 4. The Morgan fingerprint density at radius 1 is 1.30 bits per heavy atom. The van der Waals surface area contributed by atoms with E-state index in [0.717, 1.165) is 15.8 Å². The second-order valence-corrected chi connectivity index (χ2v) is 6.20. The summed E-state index contributed by atoms with van der Waals surface area (Å²) in [4.78, 5) is 16.3. The van der Waals surface area contributed by atoms with Gasteiger partial charge in [-0.2, -0.15) is 0 Å². The predicted molar refractivity (Wildman–Crippen MR) is 93.5 cm³/mol. The van der Waals surface area contributed by atoms with Crippen LogP contribution >= 0.6 is 22.9 Å². The molecule has 0 saturated heterocycles. The highest BCUT2D eigenvalue weighted by Gasteiger charge is 2.09. The molecule has 3 aromatic rings. The Kier molecular flexibility index (Phi) is 5.54. The van der Waals surface area contributed by atoms with Crippen molar-refractivity contribution in [1.82, 2.24) is 4.98 Å². The van der Waals surface area contributed by atoms with Crippen LogP contribution in [0, 0.1) is 6.92 Å². The van der Waals surface area contributed by atoms with E-state index in [1.165, 1.54) is 11.3 Å². The minimum absolute atomic E-state index is 0. The van der Waals surface area contributed by atoms with Gasteiger partial charge >= 0.3 is 0 Å². The Labute approximate surface area is 142 Å². The quantitative estimate of drug-likeness (QED) is 0.782. The number of aromatic nitrogens is 1. The van der Waals surface area contributed by atoms with Gasteiger partial charge in [-0.05, 0) is 42.8 Å². The molecule has 1 amide bonds. The largest absolute Gasteiger partial charge is 0.483 e. The van der Waals surface area contributed by atoms with Crippen molar-refractivity contribution in [1.29, 1.82) is 0 Å². The van der Waals surface area contributed by atoms with Gasteiger partial charge in [0.25, 0.3) is 5.91 Å². The molecule has 0 radical (unpaired) electrons. The number of nitrogens with one attached hydrogen (secondary N) is 1. The molecule has 120 valence electrons. The number of nitrogens with zero attached hydrogens (tertiary/aromatic N) is 1. The van der Waals surface area contributed by atoms with Crippen molar-refractivity contribution in [3.05, 3.63) is 53.1 Å². The summed E-state index contributed by atoms with van der Waals surface area (Å²) in [7, 11) is 0. The third-order valence-electron chi connectivity index (χ3n) is 3.04. The van der Waals surface area contributed by atoms with Gasteiger partial charge in [0.2, 0.25) is 0 Å². The van der Waals surface area contributed by atoms with E-state index in [-0.39, 0.29) is 18.0 Å². The highest BCUT2D eigenvalue weighted by molar-refractivity contribution is 7.22. The molecule has 0 aliphatic rings. The molecule has 2 aromatic carbocycles. The second-order valence-electron chi connectivity index (χ2n) is 4.73. The maximum absolute atomic E-state index is 11.9. The summed E-state index contributed by atoms with van der Waals surface area (Å²) in [6.07, 6.45) is 0. The Balaban J connectivity index is 0.00000192. The average Bonchev–Trinajstić information content (AvgIpc) is 2.88. The first-order valence-corrected chi connectivity index (χ1v) is 7.85. The van der Waals surface area contributed by atoms with Gasteiger partial charge in [-0.3, -0.25) is 10.1 Å². The fourth-order valence-electron chi connectivity index (χ4n) is 2.00. The molecule has 23 heavy (non-hydrogen) atoms. The summed E-state index contributed by atoms with van der Waals surface area (Å²) >= 11 is 7.32. The number of carbonyl (C=O) groups excluding carboxylic acids is 1. The number of thiazole rings is 1. The zero-order valence-electron chi connectivity index (χ0n) is 12.3. The third-order valence-corrected chi connectivity index (χ3v) is 4.22. The number of halogens is 1. The first kappa shape index (κ1) is 17.2. The van der Waals surface area contributed by atoms with Crippen molar-refractivity contribution >= 4 is 44.2 Å². The summed E-state index contributed by atoms with van der Waals surface area (Å²) in [5.74, 6) is 0.400. The Bertz CT molecular complexity index is 802. The normalized spacial score (nSPS) is 10.2. The maximum atomic E-state index is 11.9. The molecule has 0 aliphatic carbocycles. The number of hydrogen-bond donors (Lipinski definition) is 1. The van der Waals surface area contributed by atoms with Crippen LogP contribution in [0.4, 0.5) is 5.13 Å². The van der Waals surface area contributed by atoms with Crippen LogP contribution in [0.25, 0.3) is 10.2 Å². The smallest absolute Gasteiger partial charge is 0.264 e. The van der Waals surface area contributed by atoms with Crippen LogP contribution < -0.4 is 10.1 Å². The van der Waals surface area contributed by atoms with Crippen LogP contribution in [0.15, 0.2) is 42.5 Å². The first-order chi connectivity index (χ1) is 10.6. The van der Waals surface area contributed by atoms with Crippen LogP contribution in [-0.4, -0.2) is 23.0 Å². The molecule has 3 rings (SSSR count). The number of amides is 1. The number of ether oxygens (including phenoxy) is 1. The molecular weight excluding hydrogens is 336 g/mol. The van der Waals surface area contributed by atoms with Crippen LogP contribution in [0.3, 0.4) is 0 Å². The van der Waals surface area contributed by atoms with Crippen molar-refractivity contribution < 1.29 is 15.0 Å². The minimum atomic E-state index is -0.242. The monoisotopic (exact) mass is 350 g/mol. The van der Waals surface area contributed by atoms with Crippen molar-refractivity contribution in [2.75, 3.05) is 11.9 Å². The lowest BCUT2D eigenvalue weighted by Crippen LogP contribution is -2.20. The molecule has 0 spiro atoms. The van der Waals surface area contributed by atoms with Crippen LogP contribution in [0.2, 0.25) is 5.02 Å². The number of fused-ring (bicyclic) bond motifs is 1. The molecule has 1 aromatic heterocycles. The number of para-hydroxylation sites is 1.